The summed E-state index contributed by atoms with van der Waals surface area (Å²) in [7, 11) is 0. The number of fused-ring (bicyclic) bond motifs is 5. The van der Waals surface area contributed by atoms with Crippen molar-refractivity contribution in [2.24, 2.45) is 22.7 Å². The van der Waals surface area contributed by atoms with Gasteiger partial charge in [0.25, 0.3) is 6.43 Å². The molecule has 5 unspecified atom stereocenters. The molecule has 0 aromatic carbocycles. The van der Waals surface area contributed by atoms with Gasteiger partial charge >= 0.3 is 5.97 Å². The zero-order valence-electron chi connectivity index (χ0n) is 19.0. The van der Waals surface area contributed by atoms with Crippen molar-refractivity contribution in [3.05, 3.63) is 59.0 Å². The molecule has 0 saturated heterocycles. The van der Waals surface area contributed by atoms with Crippen LogP contribution in [0.4, 0.5) is 8.78 Å². The van der Waals surface area contributed by atoms with E-state index in [1.807, 2.05) is 0 Å². The quantitative estimate of drug-likeness (QED) is 0.383. The second-order valence-electron chi connectivity index (χ2n) is 10.5. The monoisotopic (exact) mass is 439 g/mol. The first kappa shape index (κ1) is 21.5. The fourth-order valence-corrected chi connectivity index (χ4v) is 7.11. The lowest BCUT2D eigenvalue weighted by Crippen LogP contribution is -2.47. The molecule has 1 aromatic rings. The van der Waals surface area contributed by atoms with E-state index >= 15 is 0 Å². The number of hydrogen-bond acceptors (Lipinski definition) is 3. The van der Waals surface area contributed by atoms with Crippen LogP contribution in [0.5, 0.6) is 0 Å². The standard InChI is InChI=1S/C27H31F2NO2/c1-16(31)32-20-8-10-26(2)19(13-20)4-5-21-23-7-6-22(27(23,3)11-9-24(21)26)17-12-18(25(28)29)15-30-14-17/h4,6-7,12,14-15,20-21,24-25H,5,8-11,13H2,1-3H3. The van der Waals surface area contributed by atoms with E-state index in [0.717, 1.165) is 49.7 Å². The number of carbonyl (C=O) groups excluding carboxylic acids is 1. The van der Waals surface area contributed by atoms with E-state index in [1.54, 1.807) is 12.3 Å². The van der Waals surface area contributed by atoms with Crippen LogP contribution in [0.15, 0.2) is 47.8 Å². The fourth-order valence-electron chi connectivity index (χ4n) is 7.11. The van der Waals surface area contributed by atoms with Gasteiger partial charge in [-0.15, -0.1) is 0 Å². The number of nitrogens with zero attached hydrogens (tertiary/aromatic N) is 1. The third-order valence-corrected chi connectivity index (χ3v) is 8.76. The molecule has 5 atom stereocenters. The summed E-state index contributed by atoms with van der Waals surface area (Å²) in [4.78, 5) is 15.5. The molecule has 4 aliphatic rings. The molecule has 1 heterocycles. The molecule has 3 nitrogen and oxygen atoms in total. The summed E-state index contributed by atoms with van der Waals surface area (Å²) in [5.74, 6) is 0.840. The van der Waals surface area contributed by atoms with Crippen molar-refractivity contribution in [3.8, 4) is 0 Å². The number of halogens is 2. The Morgan fingerprint density at radius 3 is 2.75 bits per heavy atom. The van der Waals surface area contributed by atoms with E-state index in [0.29, 0.717) is 11.8 Å². The number of aromatic nitrogens is 1. The van der Waals surface area contributed by atoms with Gasteiger partial charge in [0.15, 0.2) is 0 Å². The molecule has 5 heteroatoms. The molecule has 1 aromatic heterocycles. The Kier molecular flexibility index (Phi) is 5.14. The van der Waals surface area contributed by atoms with E-state index in [-0.39, 0.29) is 28.5 Å². The lowest BCUT2D eigenvalue weighted by atomic mass is 9.49. The van der Waals surface area contributed by atoms with E-state index in [1.165, 1.54) is 24.3 Å². The summed E-state index contributed by atoms with van der Waals surface area (Å²) in [6, 6.07) is 1.61. The van der Waals surface area contributed by atoms with Crippen molar-refractivity contribution in [1.82, 2.24) is 4.98 Å². The summed E-state index contributed by atoms with van der Waals surface area (Å²) in [6.07, 6.45) is 13.2. The van der Waals surface area contributed by atoms with Gasteiger partial charge in [0.05, 0.1) is 0 Å². The zero-order valence-corrected chi connectivity index (χ0v) is 19.0. The van der Waals surface area contributed by atoms with Crippen molar-refractivity contribution in [2.75, 3.05) is 0 Å². The fraction of sp³-hybridized carbons (Fsp3) is 0.556. The highest BCUT2D eigenvalue weighted by molar-refractivity contribution is 5.78. The lowest BCUT2D eigenvalue weighted by molar-refractivity contribution is -0.148. The maximum atomic E-state index is 13.3. The molecule has 2 fully saturated rings. The minimum atomic E-state index is -2.51. The van der Waals surface area contributed by atoms with E-state index in [2.05, 4.69) is 37.1 Å². The molecule has 0 bridgehead atoms. The van der Waals surface area contributed by atoms with Crippen LogP contribution in [-0.4, -0.2) is 17.1 Å². The number of esters is 1. The molecular weight excluding hydrogens is 408 g/mol. The summed E-state index contributed by atoms with van der Waals surface area (Å²) in [5.41, 5.74) is 4.85. The molecule has 4 aliphatic carbocycles. The lowest BCUT2D eigenvalue weighted by Gasteiger charge is -2.56. The molecule has 0 aliphatic heterocycles. The van der Waals surface area contributed by atoms with E-state index in [4.69, 9.17) is 4.74 Å². The number of pyridine rings is 1. The highest BCUT2D eigenvalue weighted by Gasteiger charge is 2.54. The second-order valence-corrected chi connectivity index (χ2v) is 10.5. The van der Waals surface area contributed by atoms with Crippen molar-refractivity contribution in [3.63, 3.8) is 0 Å². The van der Waals surface area contributed by atoms with Crippen LogP contribution in [-0.2, 0) is 9.53 Å². The van der Waals surface area contributed by atoms with Crippen LogP contribution >= 0.6 is 0 Å². The second kappa shape index (κ2) is 7.64. The van der Waals surface area contributed by atoms with Crippen LogP contribution in [0.25, 0.3) is 5.57 Å². The molecule has 0 amide bonds. The van der Waals surface area contributed by atoms with Crippen molar-refractivity contribution in [2.45, 2.75) is 71.8 Å². The largest absolute Gasteiger partial charge is 0.462 e. The van der Waals surface area contributed by atoms with E-state index in [9.17, 15) is 13.6 Å². The summed E-state index contributed by atoms with van der Waals surface area (Å²) < 4.78 is 32.1. The zero-order chi connectivity index (χ0) is 22.7. The highest BCUT2D eigenvalue weighted by atomic mass is 19.3. The van der Waals surface area contributed by atoms with Gasteiger partial charge in [-0.05, 0) is 66.6 Å². The van der Waals surface area contributed by atoms with E-state index < -0.39 is 6.43 Å². The number of rotatable bonds is 3. The number of ether oxygens (including phenoxy) is 1. The maximum Gasteiger partial charge on any atom is 0.302 e. The summed E-state index contributed by atoms with van der Waals surface area (Å²) in [5, 5.41) is 0. The van der Waals surface area contributed by atoms with Gasteiger partial charge in [-0.25, -0.2) is 8.78 Å². The molecule has 0 spiro atoms. The number of allylic oxidation sites excluding steroid dienone is 5. The average molecular weight is 440 g/mol. The van der Waals surface area contributed by atoms with Crippen LogP contribution in [0.1, 0.15) is 76.8 Å². The van der Waals surface area contributed by atoms with Crippen molar-refractivity contribution in [1.29, 1.82) is 0 Å². The van der Waals surface area contributed by atoms with Gasteiger partial charge < -0.3 is 4.74 Å². The Labute approximate surface area is 188 Å². The summed E-state index contributed by atoms with van der Waals surface area (Å²) in [6.45, 7) is 6.18. The molecule has 0 radical (unpaired) electrons. The third kappa shape index (κ3) is 3.27. The molecule has 0 N–H and O–H groups in total. The minimum absolute atomic E-state index is 0.00538. The van der Waals surface area contributed by atoms with Gasteiger partial charge in [0.2, 0.25) is 0 Å². The predicted molar refractivity (Wildman–Crippen MR) is 120 cm³/mol. The summed E-state index contributed by atoms with van der Waals surface area (Å²) >= 11 is 0. The number of hydrogen-bond donors (Lipinski definition) is 0. The SMILES string of the molecule is CC(=O)OC1CCC2(C)C(=CCC3C4=CC=C(c5cncc(C(F)F)c5)C4(C)CCC32)C1. The Hall–Kier alpha value is -2.30. The Bertz CT molecular complexity index is 1040. The first-order valence-electron chi connectivity index (χ1n) is 11.8. The van der Waals surface area contributed by atoms with Crippen LogP contribution in [0.2, 0.25) is 0 Å². The van der Waals surface area contributed by atoms with Crippen molar-refractivity contribution < 1.29 is 18.3 Å². The molecule has 32 heavy (non-hydrogen) atoms. The Balaban J connectivity index is 1.41. The van der Waals surface area contributed by atoms with Gasteiger partial charge in [-0.1, -0.05) is 43.2 Å². The van der Waals surface area contributed by atoms with Gasteiger partial charge in [-0.3, -0.25) is 9.78 Å². The maximum absolute atomic E-state index is 13.3. The smallest absolute Gasteiger partial charge is 0.302 e. The van der Waals surface area contributed by atoms with Crippen LogP contribution in [0.3, 0.4) is 0 Å². The van der Waals surface area contributed by atoms with Crippen LogP contribution in [0, 0.1) is 22.7 Å². The van der Waals surface area contributed by atoms with Gasteiger partial charge in [0.1, 0.15) is 6.10 Å². The first-order chi connectivity index (χ1) is 15.2. The third-order valence-electron chi connectivity index (χ3n) is 8.76. The van der Waals surface area contributed by atoms with Gasteiger partial charge in [0, 0.05) is 36.7 Å². The normalized spacial score (nSPS) is 35.8. The molecule has 170 valence electrons. The van der Waals surface area contributed by atoms with Crippen molar-refractivity contribution >= 4 is 11.5 Å². The first-order valence-corrected chi connectivity index (χ1v) is 11.8. The molecule has 2 saturated carbocycles. The number of carbonyl (C=O) groups is 1. The Morgan fingerprint density at radius 2 is 2.00 bits per heavy atom. The molecule has 5 rings (SSSR count). The van der Waals surface area contributed by atoms with Crippen LogP contribution < -0.4 is 0 Å². The Morgan fingerprint density at radius 1 is 1.19 bits per heavy atom. The predicted octanol–water partition coefficient (Wildman–Crippen LogP) is 6.83. The minimum Gasteiger partial charge on any atom is -0.462 e. The number of alkyl halides is 2. The molecular formula is C27H31F2NO2. The topological polar surface area (TPSA) is 39.2 Å². The van der Waals surface area contributed by atoms with Gasteiger partial charge in [-0.2, -0.15) is 0 Å². The highest BCUT2D eigenvalue weighted by Crippen LogP contribution is 2.64. The average Bonchev–Trinajstić information content (AvgIpc) is 3.11.